The van der Waals surface area contributed by atoms with Gasteiger partial charge in [0.2, 0.25) is 0 Å². The third kappa shape index (κ3) is 3.67. The Balaban J connectivity index is 2.39. The molecule has 1 N–H and O–H groups in total. The van der Waals surface area contributed by atoms with Crippen LogP contribution in [0.2, 0.25) is 0 Å². The molecule has 0 radical (unpaired) electrons. The number of benzene rings is 1. The maximum atomic E-state index is 6.32. The summed E-state index contributed by atoms with van der Waals surface area (Å²) in [7, 11) is 0. The fourth-order valence-corrected chi connectivity index (χ4v) is 4.03. The van der Waals surface area contributed by atoms with Gasteiger partial charge in [0, 0.05) is 12.0 Å². The van der Waals surface area contributed by atoms with Crippen molar-refractivity contribution in [2.45, 2.75) is 72.1 Å². The van der Waals surface area contributed by atoms with E-state index >= 15 is 0 Å². The molecule has 1 aromatic rings. The lowest BCUT2D eigenvalue weighted by atomic mass is 9.78. The van der Waals surface area contributed by atoms with E-state index in [4.69, 9.17) is 4.74 Å². The Morgan fingerprint density at radius 3 is 2.14 bits per heavy atom. The summed E-state index contributed by atoms with van der Waals surface area (Å²) in [5.74, 6) is 0.480. The minimum absolute atomic E-state index is 0.0410. The molecule has 21 heavy (non-hydrogen) atoms. The topological polar surface area (TPSA) is 21.3 Å². The summed E-state index contributed by atoms with van der Waals surface area (Å²) >= 11 is 0. The average Bonchev–Trinajstić information content (AvgIpc) is 2.52. The Morgan fingerprint density at radius 1 is 1.14 bits per heavy atom. The molecular formula is C19H31NO. The molecule has 1 aliphatic rings. The monoisotopic (exact) mass is 289 g/mol. The first-order valence-electron chi connectivity index (χ1n) is 8.16. The summed E-state index contributed by atoms with van der Waals surface area (Å²) in [5, 5.41) is 3.71. The minimum Gasteiger partial charge on any atom is -0.369 e. The third-order valence-electron chi connectivity index (χ3n) is 4.57. The van der Waals surface area contributed by atoms with E-state index in [1.807, 2.05) is 0 Å². The zero-order valence-corrected chi connectivity index (χ0v) is 14.7. The van der Waals surface area contributed by atoms with Crippen LogP contribution >= 0.6 is 0 Å². The van der Waals surface area contributed by atoms with Crippen molar-refractivity contribution in [2.75, 3.05) is 6.54 Å². The molecule has 2 rings (SSSR count). The summed E-state index contributed by atoms with van der Waals surface area (Å²) in [6.07, 6.45) is 1.09. The van der Waals surface area contributed by atoms with Gasteiger partial charge in [-0.15, -0.1) is 0 Å². The van der Waals surface area contributed by atoms with E-state index < -0.39 is 0 Å². The Kier molecular flexibility index (Phi) is 4.51. The highest BCUT2D eigenvalue weighted by atomic mass is 16.5. The van der Waals surface area contributed by atoms with Crippen LogP contribution in [0.15, 0.2) is 18.2 Å². The van der Waals surface area contributed by atoms with Crippen molar-refractivity contribution in [3.8, 4) is 0 Å². The van der Waals surface area contributed by atoms with E-state index in [0.29, 0.717) is 12.0 Å². The summed E-state index contributed by atoms with van der Waals surface area (Å²) < 4.78 is 6.32. The Bertz CT molecular complexity index is 484. The van der Waals surface area contributed by atoms with Crippen LogP contribution in [-0.4, -0.2) is 17.7 Å². The second-order valence-electron chi connectivity index (χ2n) is 7.73. The van der Waals surface area contributed by atoms with Crippen LogP contribution in [0.25, 0.3) is 0 Å². The molecule has 1 aliphatic heterocycles. The van der Waals surface area contributed by atoms with E-state index in [2.05, 4.69) is 72.0 Å². The van der Waals surface area contributed by atoms with Crippen molar-refractivity contribution in [2.24, 2.45) is 5.92 Å². The van der Waals surface area contributed by atoms with E-state index in [9.17, 15) is 0 Å². The van der Waals surface area contributed by atoms with Gasteiger partial charge < -0.3 is 10.1 Å². The van der Waals surface area contributed by atoms with Gasteiger partial charge in [-0.3, -0.25) is 0 Å². The van der Waals surface area contributed by atoms with Crippen molar-refractivity contribution in [3.05, 3.63) is 34.9 Å². The molecule has 0 bridgehead atoms. The van der Waals surface area contributed by atoms with Gasteiger partial charge in [-0.05, 0) is 60.1 Å². The lowest BCUT2D eigenvalue weighted by Crippen LogP contribution is -2.38. The first-order valence-corrected chi connectivity index (χ1v) is 8.16. The molecule has 2 atom stereocenters. The standard InChI is InChI=1S/C19H31NO/c1-8-20-17(15-10-13(2)9-14(3)11-15)16-12-18(4,5)21-19(16,6)7/h9-11,16-17,20H,8,12H2,1-7H3. The van der Waals surface area contributed by atoms with Crippen LogP contribution in [0.3, 0.4) is 0 Å². The average molecular weight is 289 g/mol. The number of aryl methyl sites for hydroxylation is 2. The van der Waals surface area contributed by atoms with Crippen molar-refractivity contribution in [1.29, 1.82) is 0 Å². The number of nitrogens with one attached hydrogen (secondary N) is 1. The largest absolute Gasteiger partial charge is 0.369 e. The van der Waals surface area contributed by atoms with Crippen molar-refractivity contribution < 1.29 is 4.74 Å². The summed E-state index contributed by atoms with van der Waals surface area (Å²) in [6.45, 7) is 16.4. The molecule has 1 aromatic carbocycles. The Labute approximate surface area is 130 Å². The molecule has 118 valence electrons. The molecule has 1 heterocycles. The van der Waals surface area contributed by atoms with Gasteiger partial charge in [0.05, 0.1) is 11.2 Å². The molecule has 1 fully saturated rings. The molecule has 2 heteroatoms. The van der Waals surface area contributed by atoms with Crippen LogP contribution < -0.4 is 5.32 Å². The van der Waals surface area contributed by atoms with Gasteiger partial charge in [-0.25, -0.2) is 0 Å². The van der Waals surface area contributed by atoms with Crippen LogP contribution in [-0.2, 0) is 4.74 Å². The fourth-order valence-electron chi connectivity index (χ4n) is 4.03. The molecule has 0 spiro atoms. The molecule has 2 nitrogen and oxygen atoms in total. The fraction of sp³-hybridized carbons (Fsp3) is 0.684. The van der Waals surface area contributed by atoms with E-state index in [-0.39, 0.29) is 11.2 Å². The molecular weight excluding hydrogens is 258 g/mol. The predicted molar refractivity (Wildman–Crippen MR) is 89.7 cm³/mol. The first-order chi connectivity index (χ1) is 9.64. The number of rotatable bonds is 4. The predicted octanol–water partition coefficient (Wildman–Crippen LogP) is 4.55. The van der Waals surface area contributed by atoms with Crippen LogP contribution in [0, 0.1) is 19.8 Å². The van der Waals surface area contributed by atoms with Gasteiger partial charge >= 0.3 is 0 Å². The van der Waals surface area contributed by atoms with Gasteiger partial charge in [-0.1, -0.05) is 36.2 Å². The minimum atomic E-state index is -0.103. The smallest absolute Gasteiger partial charge is 0.0681 e. The number of ether oxygens (including phenoxy) is 1. The van der Waals surface area contributed by atoms with Crippen molar-refractivity contribution in [1.82, 2.24) is 5.32 Å². The van der Waals surface area contributed by atoms with Crippen LogP contribution in [0.1, 0.15) is 63.8 Å². The van der Waals surface area contributed by atoms with Crippen LogP contribution in [0.4, 0.5) is 0 Å². The zero-order valence-electron chi connectivity index (χ0n) is 14.7. The van der Waals surface area contributed by atoms with Crippen LogP contribution in [0.5, 0.6) is 0 Å². The van der Waals surface area contributed by atoms with Crippen molar-refractivity contribution in [3.63, 3.8) is 0 Å². The maximum Gasteiger partial charge on any atom is 0.0681 e. The van der Waals surface area contributed by atoms with Gasteiger partial charge in [0.25, 0.3) is 0 Å². The highest BCUT2D eigenvalue weighted by Gasteiger charge is 2.49. The first kappa shape index (κ1) is 16.5. The van der Waals surface area contributed by atoms with E-state index in [1.54, 1.807) is 0 Å². The normalized spacial score (nSPS) is 25.0. The number of hydrogen-bond acceptors (Lipinski definition) is 2. The summed E-state index contributed by atoms with van der Waals surface area (Å²) in [4.78, 5) is 0. The van der Waals surface area contributed by atoms with E-state index in [0.717, 1.165) is 13.0 Å². The Morgan fingerprint density at radius 2 is 1.71 bits per heavy atom. The van der Waals surface area contributed by atoms with Crippen molar-refractivity contribution >= 4 is 0 Å². The highest BCUT2D eigenvalue weighted by molar-refractivity contribution is 5.32. The highest BCUT2D eigenvalue weighted by Crippen LogP contribution is 2.47. The molecule has 0 amide bonds. The Hall–Kier alpha value is -0.860. The molecule has 0 saturated carbocycles. The lowest BCUT2D eigenvalue weighted by Gasteiger charge is -2.34. The molecule has 2 unspecified atom stereocenters. The second-order valence-corrected chi connectivity index (χ2v) is 7.73. The maximum absolute atomic E-state index is 6.32. The third-order valence-corrected chi connectivity index (χ3v) is 4.57. The molecule has 0 aliphatic carbocycles. The van der Waals surface area contributed by atoms with Gasteiger partial charge in [0.1, 0.15) is 0 Å². The zero-order chi connectivity index (χ0) is 15.8. The SMILES string of the molecule is CCNC(c1cc(C)cc(C)c1)C1CC(C)(C)OC1(C)C. The van der Waals surface area contributed by atoms with E-state index in [1.165, 1.54) is 16.7 Å². The lowest BCUT2D eigenvalue weighted by molar-refractivity contribution is -0.0778. The van der Waals surface area contributed by atoms with Gasteiger partial charge in [0.15, 0.2) is 0 Å². The molecule has 0 aromatic heterocycles. The van der Waals surface area contributed by atoms with Gasteiger partial charge in [-0.2, -0.15) is 0 Å². The quantitative estimate of drug-likeness (QED) is 0.878. The summed E-state index contributed by atoms with van der Waals surface area (Å²) in [5.41, 5.74) is 3.93. The number of hydrogen-bond donors (Lipinski definition) is 1. The molecule has 1 saturated heterocycles. The summed E-state index contributed by atoms with van der Waals surface area (Å²) in [6, 6.07) is 7.24. The second kappa shape index (κ2) is 5.73.